The van der Waals surface area contributed by atoms with Crippen molar-refractivity contribution in [2.45, 2.75) is 6.54 Å². The zero-order valence-corrected chi connectivity index (χ0v) is 16.1. The van der Waals surface area contributed by atoms with Gasteiger partial charge in [-0.3, -0.25) is 4.79 Å². The zero-order chi connectivity index (χ0) is 18.9. The number of ether oxygens (including phenoxy) is 1. The average molecular weight is 352 g/mol. The molecule has 26 heavy (non-hydrogen) atoms. The number of allylic oxidation sites excluding steroid dienone is 1. The Bertz CT molecular complexity index is 751. The van der Waals surface area contributed by atoms with E-state index in [4.69, 9.17) is 4.74 Å². The highest BCUT2D eigenvalue weighted by Gasteiger charge is 2.09. The third kappa shape index (κ3) is 6.47. The van der Waals surface area contributed by atoms with Crippen LogP contribution in [0.25, 0.3) is 6.08 Å². The Labute approximate surface area is 156 Å². The Morgan fingerprint density at radius 3 is 2.50 bits per heavy atom. The summed E-state index contributed by atoms with van der Waals surface area (Å²) in [6, 6.07) is 15.6. The Balaban J connectivity index is 2.09. The van der Waals surface area contributed by atoms with Gasteiger partial charge in [-0.15, -0.1) is 0 Å². The average Bonchev–Trinajstić information content (AvgIpc) is 2.59. The fourth-order valence-corrected chi connectivity index (χ4v) is 2.56. The number of rotatable bonds is 9. The Morgan fingerprint density at radius 2 is 1.77 bits per heavy atom. The van der Waals surface area contributed by atoms with Gasteiger partial charge in [0, 0.05) is 13.1 Å². The van der Waals surface area contributed by atoms with Gasteiger partial charge in [0.05, 0.1) is 5.56 Å². The second-order valence-corrected chi connectivity index (χ2v) is 6.83. The van der Waals surface area contributed by atoms with E-state index < -0.39 is 0 Å². The lowest BCUT2D eigenvalue weighted by Gasteiger charge is -2.13. The number of ketones is 1. The second-order valence-electron chi connectivity index (χ2n) is 6.83. The van der Waals surface area contributed by atoms with Gasteiger partial charge in [0.2, 0.25) is 0 Å². The molecular formula is C22H28N2O2. The molecule has 4 heteroatoms. The van der Waals surface area contributed by atoms with Gasteiger partial charge in [-0.25, -0.2) is 0 Å². The van der Waals surface area contributed by atoms with Crippen LogP contribution in [0, 0.1) is 0 Å². The Kier molecular flexibility index (Phi) is 7.57. The number of nitrogens with zero attached hydrogens (tertiary/aromatic N) is 2. The minimum Gasteiger partial charge on any atom is -0.491 e. The molecule has 0 N–H and O–H groups in total. The van der Waals surface area contributed by atoms with Crippen LogP contribution in [0.5, 0.6) is 5.75 Å². The summed E-state index contributed by atoms with van der Waals surface area (Å²) in [5.74, 6) is 0.578. The largest absolute Gasteiger partial charge is 0.491 e. The summed E-state index contributed by atoms with van der Waals surface area (Å²) >= 11 is 0. The summed E-state index contributed by atoms with van der Waals surface area (Å²) in [6.45, 7) is 2.22. The molecule has 0 heterocycles. The third-order valence-electron chi connectivity index (χ3n) is 3.83. The highest BCUT2D eigenvalue weighted by molar-refractivity contribution is 6.08. The van der Waals surface area contributed by atoms with Crippen LogP contribution in [-0.2, 0) is 6.54 Å². The third-order valence-corrected chi connectivity index (χ3v) is 3.83. The van der Waals surface area contributed by atoms with Gasteiger partial charge >= 0.3 is 0 Å². The van der Waals surface area contributed by atoms with Crippen molar-refractivity contribution in [2.24, 2.45) is 0 Å². The van der Waals surface area contributed by atoms with Crippen LogP contribution < -0.4 is 4.74 Å². The molecule has 2 rings (SSSR count). The van der Waals surface area contributed by atoms with Gasteiger partial charge in [0.1, 0.15) is 12.4 Å². The summed E-state index contributed by atoms with van der Waals surface area (Å²) < 4.78 is 5.78. The molecule has 0 fully saturated rings. The van der Waals surface area contributed by atoms with Crippen molar-refractivity contribution in [1.29, 1.82) is 0 Å². The van der Waals surface area contributed by atoms with Gasteiger partial charge in [0.25, 0.3) is 0 Å². The number of hydrogen-bond acceptors (Lipinski definition) is 4. The highest BCUT2D eigenvalue weighted by Crippen LogP contribution is 2.19. The smallest absolute Gasteiger partial charge is 0.189 e. The molecular weight excluding hydrogens is 324 g/mol. The maximum absolute atomic E-state index is 12.6. The first kappa shape index (κ1) is 19.9. The predicted octanol–water partition coefficient (Wildman–Crippen LogP) is 3.58. The summed E-state index contributed by atoms with van der Waals surface area (Å²) in [5.41, 5.74) is 2.83. The van der Waals surface area contributed by atoms with Crippen molar-refractivity contribution in [3.8, 4) is 5.75 Å². The first-order valence-electron chi connectivity index (χ1n) is 8.78. The number of likely N-dealkylation sites (N-methyl/N-ethyl adjacent to an activating group) is 1. The molecule has 0 unspecified atom stereocenters. The van der Waals surface area contributed by atoms with Crippen molar-refractivity contribution < 1.29 is 9.53 Å². The molecule has 4 nitrogen and oxygen atoms in total. The van der Waals surface area contributed by atoms with Crippen LogP contribution in [0.4, 0.5) is 0 Å². The SMILES string of the molecule is CN(C)CCOc1ccccc1C(=O)C=Cc1cccc(CN(C)C)c1. The fraction of sp³-hybridized carbons (Fsp3) is 0.318. The number of para-hydroxylation sites is 1. The molecule has 0 radical (unpaired) electrons. The van der Waals surface area contributed by atoms with E-state index >= 15 is 0 Å². The van der Waals surface area contributed by atoms with E-state index in [0.29, 0.717) is 17.9 Å². The molecule has 138 valence electrons. The molecule has 2 aromatic carbocycles. The van der Waals surface area contributed by atoms with Gasteiger partial charge in [0.15, 0.2) is 5.78 Å². The van der Waals surface area contributed by atoms with Crippen LogP contribution in [0.15, 0.2) is 54.6 Å². The number of hydrogen-bond donors (Lipinski definition) is 0. The molecule has 0 saturated carbocycles. The van der Waals surface area contributed by atoms with Crippen molar-refractivity contribution in [1.82, 2.24) is 9.80 Å². The molecule has 0 saturated heterocycles. The first-order chi connectivity index (χ1) is 12.5. The van der Waals surface area contributed by atoms with E-state index in [-0.39, 0.29) is 5.78 Å². The summed E-state index contributed by atoms with van der Waals surface area (Å²) in [7, 11) is 8.07. The van der Waals surface area contributed by atoms with E-state index in [0.717, 1.165) is 18.7 Å². The molecule has 0 bridgehead atoms. The quantitative estimate of drug-likeness (QED) is 0.510. The standard InChI is InChI=1S/C22H28N2O2/c1-23(2)14-15-26-22-11-6-5-10-20(22)21(25)13-12-18-8-7-9-19(16-18)17-24(3)4/h5-13,16H,14-15,17H2,1-4H3. The summed E-state index contributed by atoms with van der Waals surface area (Å²) in [6.07, 6.45) is 3.47. The van der Waals surface area contributed by atoms with Crippen LogP contribution in [0.3, 0.4) is 0 Å². The molecule has 0 aromatic heterocycles. The zero-order valence-electron chi connectivity index (χ0n) is 16.1. The van der Waals surface area contributed by atoms with E-state index in [1.807, 2.05) is 69.5 Å². The minimum absolute atomic E-state index is 0.0523. The lowest BCUT2D eigenvalue weighted by molar-refractivity contribution is 0.104. The number of benzene rings is 2. The molecule has 0 aliphatic carbocycles. The maximum Gasteiger partial charge on any atom is 0.189 e. The predicted molar refractivity (Wildman–Crippen MR) is 108 cm³/mol. The molecule has 0 spiro atoms. The maximum atomic E-state index is 12.6. The van der Waals surface area contributed by atoms with E-state index in [1.165, 1.54) is 5.56 Å². The van der Waals surface area contributed by atoms with Gasteiger partial charge in [-0.2, -0.15) is 0 Å². The van der Waals surface area contributed by atoms with Crippen LogP contribution >= 0.6 is 0 Å². The van der Waals surface area contributed by atoms with Gasteiger partial charge in [-0.1, -0.05) is 42.5 Å². The molecule has 0 atom stereocenters. The second kappa shape index (κ2) is 9.90. The molecule has 2 aromatic rings. The van der Waals surface area contributed by atoms with E-state index in [2.05, 4.69) is 17.0 Å². The van der Waals surface area contributed by atoms with E-state index in [9.17, 15) is 4.79 Å². The van der Waals surface area contributed by atoms with Gasteiger partial charge in [-0.05, 0) is 57.5 Å². The highest BCUT2D eigenvalue weighted by atomic mass is 16.5. The Hall–Kier alpha value is -2.43. The normalized spacial score (nSPS) is 11.5. The molecule has 0 amide bonds. The van der Waals surface area contributed by atoms with Gasteiger partial charge < -0.3 is 14.5 Å². The fourth-order valence-electron chi connectivity index (χ4n) is 2.56. The lowest BCUT2D eigenvalue weighted by Crippen LogP contribution is -2.20. The molecule has 0 aliphatic heterocycles. The number of carbonyl (C=O) groups excluding carboxylic acids is 1. The number of carbonyl (C=O) groups is 1. The summed E-state index contributed by atoms with van der Waals surface area (Å²) in [4.78, 5) is 16.8. The van der Waals surface area contributed by atoms with E-state index in [1.54, 1.807) is 12.1 Å². The topological polar surface area (TPSA) is 32.8 Å². The van der Waals surface area contributed by atoms with Crippen LogP contribution in [0.1, 0.15) is 21.5 Å². The van der Waals surface area contributed by atoms with Crippen LogP contribution in [0.2, 0.25) is 0 Å². The minimum atomic E-state index is -0.0523. The Morgan fingerprint density at radius 1 is 1.00 bits per heavy atom. The lowest BCUT2D eigenvalue weighted by atomic mass is 10.1. The van der Waals surface area contributed by atoms with Crippen LogP contribution in [-0.4, -0.2) is 56.9 Å². The van der Waals surface area contributed by atoms with Crippen molar-refractivity contribution in [3.63, 3.8) is 0 Å². The monoisotopic (exact) mass is 352 g/mol. The summed E-state index contributed by atoms with van der Waals surface area (Å²) in [5, 5.41) is 0. The van der Waals surface area contributed by atoms with Crippen molar-refractivity contribution in [2.75, 3.05) is 41.3 Å². The van der Waals surface area contributed by atoms with Crippen molar-refractivity contribution >= 4 is 11.9 Å². The van der Waals surface area contributed by atoms with Crippen molar-refractivity contribution in [3.05, 3.63) is 71.3 Å². The molecule has 0 aliphatic rings. The first-order valence-corrected chi connectivity index (χ1v) is 8.78.